The lowest BCUT2D eigenvalue weighted by Crippen LogP contribution is -2.06. The molecule has 0 saturated carbocycles. The molecular weight excluding hydrogens is 386 g/mol. The van der Waals surface area contributed by atoms with E-state index in [4.69, 9.17) is 9.72 Å². The van der Waals surface area contributed by atoms with Crippen LogP contribution >= 0.6 is 0 Å². The number of aromatic nitrogens is 3. The highest BCUT2D eigenvalue weighted by Gasteiger charge is 2.17. The zero-order valence-corrected chi connectivity index (χ0v) is 16.7. The molecule has 0 radical (unpaired) electrons. The largest absolute Gasteiger partial charge is 0.456 e. The van der Waals surface area contributed by atoms with Gasteiger partial charge in [-0.1, -0.05) is 91.0 Å². The van der Waals surface area contributed by atoms with Crippen molar-refractivity contribution >= 4 is 11.6 Å². The second-order valence-corrected chi connectivity index (χ2v) is 7.12. The first kappa shape index (κ1) is 18.8. The lowest BCUT2D eigenvalue weighted by Gasteiger charge is -2.08. The van der Waals surface area contributed by atoms with Crippen molar-refractivity contribution in [2.75, 3.05) is 0 Å². The number of esters is 1. The Hall–Kier alpha value is -4.25. The van der Waals surface area contributed by atoms with Crippen molar-refractivity contribution in [2.45, 2.75) is 6.61 Å². The van der Waals surface area contributed by atoms with Crippen LogP contribution in [0.4, 0.5) is 0 Å². The van der Waals surface area contributed by atoms with Crippen LogP contribution in [0.1, 0.15) is 16.1 Å². The van der Waals surface area contributed by atoms with Gasteiger partial charge < -0.3 is 4.74 Å². The number of hydrogen-bond donors (Lipinski definition) is 0. The van der Waals surface area contributed by atoms with Gasteiger partial charge in [0, 0.05) is 17.2 Å². The first-order chi connectivity index (χ1) is 15.3. The fourth-order valence-corrected chi connectivity index (χ4v) is 3.44. The molecule has 0 unspecified atom stereocenters. The molecule has 0 atom stereocenters. The number of ether oxygens (including phenoxy) is 1. The summed E-state index contributed by atoms with van der Waals surface area (Å²) < 4.78 is 7.16. The molecule has 5 heteroatoms. The van der Waals surface area contributed by atoms with Crippen LogP contribution in [0.2, 0.25) is 0 Å². The van der Waals surface area contributed by atoms with Crippen molar-refractivity contribution in [3.63, 3.8) is 0 Å². The van der Waals surface area contributed by atoms with Crippen molar-refractivity contribution in [1.82, 2.24) is 14.6 Å². The molecule has 2 heterocycles. The van der Waals surface area contributed by atoms with Crippen LogP contribution in [0, 0.1) is 0 Å². The minimum absolute atomic E-state index is 0.196. The van der Waals surface area contributed by atoms with Crippen LogP contribution < -0.4 is 0 Å². The molecule has 31 heavy (non-hydrogen) atoms. The number of carbonyl (C=O) groups is 1. The van der Waals surface area contributed by atoms with Gasteiger partial charge in [-0.25, -0.2) is 14.3 Å². The highest BCUT2D eigenvalue weighted by Crippen LogP contribution is 2.26. The first-order valence-corrected chi connectivity index (χ1v) is 10.0. The molecule has 2 aromatic heterocycles. The van der Waals surface area contributed by atoms with Crippen LogP contribution in [0.25, 0.3) is 28.2 Å². The van der Waals surface area contributed by atoms with Crippen LogP contribution in [-0.4, -0.2) is 20.6 Å². The number of rotatable bonds is 5. The van der Waals surface area contributed by atoms with Gasteiger partial charge in [-0.15, -0.1) is 0 Å². The predicted octanol–water partition coefficient (Wildman–Crippen LogP) is 5.42. The highest BCUT2D eigenvalue weighted by atomic mass is 16.5. The highest BCUT2D eigenvalue weighted by molar-refractivity contribution is 5.89. The van der Waals surface area contributed by atoms with E-state index in [1.807, 2.05) is 97.1 Å². The normalized spacial score (nSPS) is 10.8. The van der Waals surface area contributed by atoms with Crippen LogP contribution in [0.15, 0.2) is 103 Å². The zero-order chi connectivity index (χ0) is 21.0. The summed E-state index contributed by atoms with van der Waals surface area (Å²) in [4.78, 5) is 17.4. The van der Waals surface area contributed by atoms with Crippen molar-refractivity contribution < 1.29 is 9.53 Å². The van der Waals surface area contributed by atoms with Gasteiger partial charge in [0.05, 0.1) is 11.4 Å². The predicted molar refractivity (Wildman–Crippen MR) is 119 cm³/mol. The fourth-order valence-electron chi connectivity index (χ4n) is 3.44. The summed E-state index contributed by atoms with van der Waals surface area (Å²) in [6.45, 7) is 0.196. The number of benzene rings is 3. The van der Waals surface area contributed by atoms with E-state index in [1.165, 1.54) is 0 Å². The summed E-state index contributed by atoms with van der Waals surface area (Å²) in [5.41, 5.74) is 5.39. The Kier molecular flexibility index (Phi) is 4.99. The van der Waals surface area contributed by atoms with E-state index in [2.05, 4.69) is 5.10 Å². The molecule has 0 amide bonds. The van der Waals surface area contributed by atoms with E-state index in [9.17, 15) is 4.79 Å². The van der Waals surface area contributed by atoms with Gasteiger partial charge in [-0.3, -0.25) is 0 Å². The van der Waals surface area contributed by atoms with Crippen LogP contribution in [0.5, 0.6) is 0 Å². The molecule has 5 nitrogen and oxygen atoms in total. The average molecular weight is 405 g/mol. The standard InChI is InChI=1S/C26H19N3O2/c30-26(31-18-19-10-4-1-5-11-19)23-17-25-27-22(20-12-6-2-7-13-20)16-24(29(25)28-23)21-14-8-3-9-15-21/h1-17H,18H2. The Bertz CT molecular complexity index is 1330. The Morgan fingerprint density at radius 3 is 2.06 bits per heavy atom. The summed E-state index contributed by atoms with van der Waals surface area (Å²) in [5.74, 6) is -0.477. The maximum Gasteiger partial charge on any atom is 0.359 e. The van der Waals surface area contributed by atoms with Gasteiger partial charge in [0.25, 0.3) is 0 Å². The minimum Gasteiger partial charge on any atom is -0.456 e. The number of hydrogen-bond acceptors (Lipinski definition) is 4. The van der Waals surface area contributed by atoms with E-state index >= 15 is 0 Å². The summed E-state index contributed by atoms with van der Waals surface area (Å²) >= 11 is 0. The molecule has 0 spiro atoms. The fraction of sp³-hybridized carbons (Fsp3) is 0.0385. The molecule has 0 aliphatic heterocycles. The van der Waals surface area contributed by atoms with E-state index in [0.717, 1.165) is 28.1 Å². The van der Waals surface area contributed by atoms with Gasteiger partial charge in [-0.05, 0) is 11.6 Å². The third-order valence-corrected chi connectivity index (χ3v) is 4.99. The molecule has 150 valence electrons. The molecular formula is C26H19N3O2. The smallest absolute Gasteiger partial charge is 0.359 e. The van der Waals surface area contributed by atoms with Crippen LogP contribution in [-0.2, 0) is 11.3 Å². The number of nitrogens with zero attached hydrogens (tertiary/aromatic N) is 3. The van der Waals surface area contributed by atoms with E-state index in [-0.39, 0.29) is 12.3 Å². The molecule has 0 aliphatic carbocycles. The average Bonchev–Trinajstić information content (AvgIpc) is 3.28. The summed E-state index contributed by atoms with van der Waals surface area (Å²) in [6, 6.07) is 33.1. The maximum atomic E-state index is 12.7. The molecule has 5 rings (SSSR count). The Morgan fingerprint density at radius 2 is 1.39 bits per heavy atom. The lowest BCUT2D eigenvalue weighted by molar-refractivity contribution is 0.0465. The second kappa shape index (κ2) is 8.24. The van der Waals surface area contributed by atoms with Gasteiger partial charge in [0.15, 0.2) is 11.3 Å². The Labute approximate surface area is 179 Å². The molecule has 0 N–H and O–H groups in total. The molecule has 0 aliphatic rings. The van der Waals surface area contributed by atoms with Gasteiger partial charge in [0.2, 0.25) is 0 Å². The molecule has 0 fully saturated rings. The van der Waals surface area contributed by atoms with Crippen molar-refractivity contribution in [3.05, 3.63) is 114 Å². The van der Waals surface area contributed by atoms with Gasteiger partial charge >= 0.3 is 5.97 Å². The quantitative estimate of drug-likeness (QED) is 0.366. The summed E-state index contributed by atoms with van der Waals surface area (Å²) in [7, 11) is 0. The van der Waals surface area contributed by atoms with Crippen molar-refractivity contribution in [3.8, 4) is 22.5 Å². The molecule has 3 aromatic carbocycles. The Balaban J connectivity index is 1.55. The number of fused-ring (bicyclic) bond motifs is 1. The monoisotopic (exact) mass is 405 g/mol. The molecule has 5 aromatic rings. The first-order valence-electron chi connectivity index (χ1n) is 10.0. The number of carbonyl (C=O) groups excluding carboxylic acids is 1. The molecule has 0 bridgehead atoms. The summed E-state index contributed by atoms with van der Waals surface area (Å²) in [5, 5.41) is 4.52. The van der Waals surface area contributed by atoms with Crippen molar-refractivity contribution in [1.29, 1.82) is 0 Å². The lowest BCUT2D eigenvalue weighted by atomic mass is 10.1. The molecule has 0 saturated heterocycles. The summed E-state index contributed by atoms with van der Waals surface area (Å²) in [6.07, 6.45) is 0. The van der Waals surface area contributed by atoms with Crippen LogP contribution in [0.3, 0.4) is 0 Å². The van der Waals surface area contributed by atoms with Crippen molar-refractivity contribution in [2.24, 2.45) is 0 Å². The Morgan fingerprint density at radius 1 is 0.774 bits per heavy atom. The van der Waals surface area contributed by atoms with E-state index in [1.54, 1.807) is 10.6 Å². The SMILES string of the molecule is O=C(OCc1ccccc1)c1cc2nc(-c3ccccc3)cc(-c3ccccc3)n2n1. The third-order valence-electron chi connectivity index (χ3n) is 4.99. The topological polar surface area (TPSA) is 56.5 Å². The van der Waals surface area contributed by atoms with Gasteiger partial charge in [-0.2, -0.15) is 5.10 Å². The van der Waals surface area contributed by atoms with E-state index in [0.29, 0.717) is 5.65 Å². The zero-order valence-electron chi connectivity index (χ0n) is 16.7. The third kappa shape index (κ3) is 3.94. The van der Waals surface area contributed by atoms with Gasteiger partial charge in [0.1, 0.15) is 6.61 Å². The van der Waals surface area contributed by atoms with E-state index < -0.39 is 5.97 Å². The maximum absolute atomic E-state index is 12.7. The second-order valence-electron chi connectivity index (χ2n) is 7.12. The minimum atomic E-state index is -0.477.